The van der Waals surface area contributed by atoms with Crippen LogP contribution in [0, 0.1) is 0 Å². The highest BCUT2D eigenvalue weighted by atomic mass is 16.1. The van der Waals surface area contributed by atoms with Crippen molar-refractivity contribution in [1.82, 2.24) is 10.6 Å². The summed E-state index contributed by atoms with van der Waals surface area (Å²) < 4.78 is 0. The van der Waals surface area contributed by atoms with Crippen LogP contribution in [0.4, 0.5) is 0 Å². The Morgan fingerprint density at radius 2 is 2.00 bits per heavy atom. The third-order valence-electron chi connectivity index (χ3n) is 2.02. The molecule has 0 saturated heterocycles. The summed E-state index contributed by atoms with van der Waals surface area (Å²) in [5.74, 6) is -0.0327. The topological polar surface area (TPSA) is 41.1 Å². The smallest absolute Gasteiger partial charge is 0.252 e. The average Bonchev–Trinajstić information content (AvgIpc) is 2.38. The van der Waals surface area contributed by atoms with Crippen molar-refractivity contribution < 1.29 is 4.79 Å². The lowest BCUT2D eigenvalue weighted by Gasteiger charge is -2.05. The summed E-state index contributed by atoms with van der Waals surface area (Å²) in [7, 11) is 1.79. The Bertz CT molecular complexity index is 311. The summed E-state index contributed by atoms with van der Waals surface area (Å²) in [5, 5.41) is 5.61. The zero-order valence-electron chi connectivity index (χ0n) is 10.6. The number of amides is 1. The van der Waals surface area contributed by atoms with Gasteiger partial charge in [-0.3, -0.25) is 4.79 Å². The Morgan fingerprint density at radius 3 is 2.56 bits per heavy atom. The van der Waals surface area contributed by atoms with Crippen LogP contribution in [0.1, 0.15) is 36.7 Å². The van der Waals surface area contributed by atoms with Crippen molar-refractivity contribution in [3.63, 3.8) is 0 Å². The standard InChI is InChI=1S/C11H16N2O.C2H6/c1-3-9-5-4-6-10(7-9)11(14)13-8-12-2;1-2/h4-7,12H,3,8H2,1-2H3,(H,13,14);1-2H3. The number of nitrogens with one attached hydrogen (secondary N) is 2. The number of benzene rings is 1. The van der Waals surface area contributed by atoms with Crippen molar-refractivity contribution in [2.24, 2.45) is 0 Å². The van der Waals surface area contributed by atoms with E-state index >= 15 is 0 Å². The van der Waals surface area contributed by atoms with Crippen LogP contribution >= 0.6 is 0 Å². The predicted octanol–water partition coefficient (Wildman–Crippen LogP) is 2.18. The Hall–Kier alpha value is -1.35. The molecule has 2 N–H and O–H groups in total. The van der Waals surface area contributed by atoms with Gasteiger partial charge >= 0.3 is 0 Å². The van der Waals surface area contributed by atoms with Crippen LogP contribution in [0.25, 0.3) is 0 Å². The summed E-state index contributed by atoms with van der Waals surface area (Å²) in [6.07, 6.45) is 0.952. The molecule has 0 saturated carbocycles. The molecule has 0 unspecified atom stereocenters. The van der Waals surface area contributed by atoms with Crippen LogP contribution < -0.4 is 10.6 Å². The average molecular weight is 222 g/mol. The second kappa shape index (κ2) is 8.92. The molecule has 3 heteroatoms. The number of rotatable bonds is 4. The molecule has 0 atom stereocenters. The second-order valence-electron chi connectivity index (χ2n) is 3.09. The van der Waals surface area contributed by atoms with Gasteiger partial charge in [0.1, 0.15) is 0 Å². The molecule has 0 aliphatic heterocycles. The molecular formula is C13H22N2O. The molecule has 0 aromatic heterocycles. The molecule has 16 heavy (non-hydrogen) atoms. The minimum Gasteiger partial charge on any atom is -0.339 e. The molecule has 1 aromatic rings. The highest BCUT2D eigenvalue weighted by Gasteiger charge is 2.03. The van der Waals surface area contributed by atoms with Crippen LogP contribution in [0.3, 0.4) is 0 Å². The third kappa shape index (κ3) is 4.94. The first-order valence-electron chi connectivity index (χ1n) is 5.79. The number of aryl methyl sites for hydroxylation is 1. The van der Waals surface area contributed by atoms with Gasteiger partial charge in [0.25, 0.3) is 5.91 Å². The van der Waals surface area contributed by atoms with E-state index in [4.69, 9.17) is 0 Å². The van der Waals surface area contributed by atoms with Crippen molar-refractivity contribution in [2.75, 3.05) is 13.7 Å². The fourth-order valence-corrected chi connectivity index (χ4v) is 1.20. The Kier molecular flexibility index (Phi) is 8.17. The summed E-state index contributed by atoms with van der Waals surface area (Å²) in [6.45, 7) is 6.57. The van der Waals surface area contributed by atoms with Gasteiger partial charge in [-0.05, 0) is 31.2 Å². The van der Waals surface area contributed by atoms with Gasteiger partial charge in [0.05, 0.1) is 6.67 Å². The van der Waals surface area contributed by atoms with Crippen LogP contribution in [-0.2, 0) is 6.42 Å². The minimum absolute atomic E-state index is 0.0327. The van der Waals surface area contributed by atoms with Crippen LogP contribution in [0.2, 0.25) is 0 Å². The SMILES string of the molecule is CC.CCc1cccc(C(=O)NCNC)c1. The molecule has 0 radical (unpaired) electrons. The van der Waals surface area contributed by atoms with E-state index in [1.165, 1.54) is 5.56 Å². The molecule has 90 valence electrons. The number of hydrogen-bond donors (Lipinski definition) is 2. The van der Waals surface area contributed by atoms with Crippen molar-refractivity contribution in [2.45, 2.75) is 27.2 Å². The van der Waals surface area contributed by atoms with Gasteiger partial charge in [-0.1, -0.05) is 32.9 Å². The molecule has 3 nitrogen and oxygen atoms in total. The Morgan fingerprint density at radius 1 is 1.31 bits per heavy atom. The van der Waals surface area contributed by atoms with E-state index in [2.05, 4.69) is 17.6 Å². The molecule has 0 aliphatic rings. The monoisotopic (exact) mass is 222 g/mol. The van der Waals surface area contributed by atoms with Crippen molar-refractivity contribution in [3.8, 4) is 0 Å². The zero-order valence-corrected chi connectivity index (χ0v) is 10.6. The normalized spacial score (nSPS) is 9.00. The number of carbonyl (C=O) groups excluding carboxylic acids is 1. The molecule has 0 aliphatic carbocycles. The van der Waals surface area contributed by atoms with E-state index in [9.17, 15) is 4.79 Å². The molecule has 1 rings (SSSR count). The third-order valence-corrected chi connectivity index (χ3v) is 2.02. The maximum atomic E-state index is 11.5. The van der Waals surface area contributed by atoms with Crippen LogP contribution in [0.5, 0.6) is 0 Å². The van der Waals surface area contributed by atoms with Gasteiger partial charge in [0, 0.05) is 5.56 Å². The van der Waals surface area contributed by atoms with E-state index in [-0.39, 0.29) is 5.91 Å². The molecule has 1 aromatic carbocycles. The lowest BCUT2D eigenvalue weighted by molar-refractivity contribution is 0.0951. The van der Waals surface area contributed by atoms with Gasteiger partial charge in [-0.15, -0.1) is 0 Å². The Labute approximate surface area is 98.3 Å². The summed E-state index contributed by atoms with van der Waals surface area (Å²) in [6, 6.07) is 7.68. The van der Waals surface area contributed by atoms with Crippen LogP contribution in [-0.4, -0.2) is 19.6 Å². The minimum atomic E-state index is -0.0327. The number of carbonyl (C=O) groups is 1. The molecular weight excluding hydrogens is 200 g/mol. The van der Waals surface area contributed by atoms with Gasteiger partial charge in [-0.25, -0.2) is 0 Å². The van der Waals surface area contributed by atoms with E-state index in [1.54, 1.807) is 7.05 Å². The first-order chi connectivity index (χ1) is 7.77. The molecule has 0 fully saturated rings. The Balaban J connectivity index is 0.00000106. The first-order valence-corrected chi connectivity index (χ1v) is 5.79. The fraction of sp³-hybridized carbons (Fsp3) is 0.462. The summed E-state index contributed by atoms with van der Waals surface area (Å²) in [5.41, 5.74) is 1.90. The lowest BCUT2D eigenvalue weighted by atomic mass is 10.1. The van der Waals surface area contributed by atoms with Crippen molar-refractivity contribution >= 4 is 5.91 Å². The van der Waals surface area contributed by atoms with E-state index in [1.807, 2.05) is 38.1 Å². The van der Waals surface area contributed by atoms with Crippen molar-refractivity contribution in [1.29, 1.82) is 0 Å². The van der Waals surface area contributed by atoms with Crippen molar-refractivity contribution in [3.05, 3.63) is 35.4 Å². The van der Waals surface area contributed by atoms with Gasteiger partial charge in [0.15, 0.2) is 0 Å². The quantitative estimate of drug-likeness (QED) is 0.767. The highest BCUT2D eigenvalue weighted by Crippen LogP contribution is 2.05. The molecule has 0 bridgehead atoms. The lowest BCUT2D eigenvalue weighted by Crippen LogP contribution is -2.31. The second-order valence-corrected chi connectivity index (χ2v) is 3.09. The van der Waals surface area contributed by atoms with E-state index in [0.717, 1.165) is 12.0 Å². The highest BCUT2D eigenvalue weighted by molar-refractivity contribution is 5.94. The fourth-order valence-electron chi connectivity index (χ4n) is 1.20. The van der Waals surface area contributed by atoms with Gasteiger partial charge in [-0.2, -0.15) is 0 Å². The maximum absolute atomic E-state index is 11.5. The van der Waals surface area contributed by atoms with Gasteiger partial charge < -0.3 is 10.6 Å². The van der Waals surface area contributed by atoms with Gasteiger partial charge in [0.2, 0.25) is 0 Å². The molecule has 1 amide bonds. The predicted molar refractivity (Wildman–Crippen MR) is 68.6 cm³/mol. The maximum Gasteiger partial charge on any atom is 0.252 e. The number of hydrogen-bond acceptors (Lipinski definition) is 2. The summed E-state index contributed by atoms with van der Waals surface area (Å²) in [4.78, 5) is 11.5. The first kappa shape index (κ1) is 14.6. The van der Waals surface area contributed by atoms with E-state index < -0.39 is 0 Å². The summed E-state index contributed by atoms with van der Waals surface area (Å²) >= 11 is 0. The van der Waals surface area contributed by atoms with Crippen LogP contribution in [0.15, 0.2) is 24.3 Å². The molecule has 0 spiro atoms. The molecule has 0 heterocycles. The van der Waals surface area contributed by atoms with E-state index in [0.29, 0.717) is 6.67 Å². The largest absolute Gasteiger partial charge is 0.339 e. The zero-order chi connectivity index (χ0) is 12.4.